The summed E-state index contributed by atoms with van der Waals surface area (Å²) in [6, 6.07) is 5.79. The first kappa shape index (κ1) is 20.9. The number of hydrogen-bond acceptors (Lipinski definition) is 4. The van der Waals surface area contributed by atoms with Crippen LogP contribution >= 0.6 is 15.9 Å². The molecule has 2 N–H and O–H groups in total. The molecule has 7 heteroatoms. The summed E-state index contributed by atoms with van der Waals surface area (Å²) in [7, 11) is 0. The molecule has 26 heavy (non-hydrogen) atoms. The summed E-state index contributed by atoms with van der Waals surface area (Å²) >= 11 is 3.46. The van der Waals surface area contributed by atoms with Crippen LogP contribution in [0.5, 0.6) is 0 Å². The number of aryl methyl sites for hydroxylation is 1. The third-order valence-corrected chi connectivity index (χ3v) is 5.38. The number of amides is 2. The molecular formula is C19H29BrN4O2. The van der Waals surface area contributed by atoms with Gasteiger partial charge in [-0.3, -0.25) is 19.4 Å². The minimum atomic E-state index is -0.00233. The Morgan fingerprint density at radius 2 is 1.69 bits per heavy atom. The van der Waals surface area contributed by atoms with Gasteiger partial charge in [0.2, 0.25) is 11.8 Å². The molecule has 0 saturated carbocycles. The van der Waals surface area contributed by atoms with Crippen molar-refractivity contribution < 1.29 is 9.59 Å². The van der Waals surface area contributed by atoms with Crippen molar-refractivity contribution in [3.05, 3.63) is 28.2 Å². The second-order valence-corrected chi connectivity index (χ2v) is 7.62. The van der Waals surface area contributed by atoms with Gasteiger partial charge in [0.25, 0.3) is 0 Å². The normalized spacial score (nSPS) is 15.7. The van der Waals surface area contributed by atoms with Crippen molar-refractivity contribution in [3.63, 3.8) is 0 Å². The van der Waals surface area contributed by atoms with E-state index in [1.54, 1.807) is 0 Å². The maximum Gasteiger partial charge on any atom is 0.238 e. The van der Waals surface area contributed by atoms with Gasteiger partial charge >= 0.3 is 0 Å². The Morgan fingerprint density at radius 3 is 2.27 bits per heavy atom. The Kier molecular flexibility index (Phi) is 8.54. The Hall–Kier alpha value is -1.44. The summed E-state index contributed by atoms with van der Waals surface area (Å²) < 4.78 is 1.03. The van der Waals surface area contributed by atoms with Gasteiger partial charge in [-0.25, -0.2) is 0 Å². The predicted octanol–water partition coefficient (Wildman–Crippen LogP) is 2.23. The number of rotatable bonds is 8. The van der Waals surface area contributed by atoms with Crippen LogP contribution in [0.1, 0.15) is 25.3 Å². The van der Waals surface area contributed by atoms with Gasteiger partial charge in [-0.05, 0) is 37.1 Å². The van der Waals surface area contributed by atoms with Crippen molar-refractivity contribution in [2.75, 3.05) is 51.1 Å². The quantitative estimate of drug-likeness (QED) is 0.627. The van der Waals surface area contributed by atoms with Crippen LogP contribution < -0.4 is 10.6 Å². The first-order chi connectivity index (χ1) is 12.5. The molecule has 0 aliphatic carbocycles. The van der Waals surface area contributed by atoms with Gasteiger partial charge in [0.15, 0.2) is 0 Å². The maximum atomic E-state index is 12.2. The molecule has 1 aliphatic heterocycles. The number of unbranched alkanes of at least 4 members (excludes halogenated alkanes) is 1. The first-order valence-electron chi connectivity index (χ1n) is 9.25. The highest BCUT2D eigenvalue weighted by Gasteiger charge is 2.20. The number of carbonyl (C=O) groups is 2. The van der Waals surface area contributed by atoms with E-state index in [2.05, 4.69) is 43.3 Å². The Labute approximate surface area is 164 Å². The highest BCUT2D eigenvalue weighted by atomic mass is 79.9. The topological polar surface area (TPSA) is 64.7 Å². The molecular weight excluding hydrogens is 396 g/mol. The average Bonchev–Trinajstić information content (AvgIpc) is 2.60. The molecule has 1 aromatic rings. The molecule has 0 bridgehead atoms. The zero-order valence-corrected chi connectivity index (χ0v) is 17.3. The van der Waals surface area contributed by atoms with Gasteiger partial charge in [0, 0.05) is 42.9 Å². The molecule has 0 unspecified atom stereocenters. The molecule has 1 aliphatic rings. The van der Waals surface area contributed by atoms with Gasteiger partial charge < -0.3 is 10.6 Å². The van der Waals surface area contributed by atoms with Crippen molar-refractivity contribution in [1.29, 1.82) is 0 Å². The average molecular weight is 425 g/mol. The van der Waals surface area contributed by atoms with Crippen LogP contribution in [0, 0.1) is 6.92 Å². The number of halogens is 1. The lowest BCUT2D eigenvalue weighted by Crippen LogP contribution is -2.51. The molecule has 1 fully saturated rings. The van der Waals surface area contributed by atoms with Crippen LogP contribution in [0.15, 0.2) is 22.7 Å². The van der Waals surface area contributed by atoms with E-state index in [4.69, 9.17) is 0 Å². The summed E-state index contributed by atoms with van der Waals surface area (Å²) in [5, 5.41) is 5.90. The standard InChI is InChI=1S/C19H29BrN4O2/c1-3-4-7-21-18(25)13-23-8-10-24(11-9-23)14-19(26)22-16-5-6-17(20)15(2)12-16/h5-6,12H,3-4,7-11,13-14H2,1-2H3,(H,21,25)(H,22,26). The monoisotopic (exact) mass is 424 g/mol. The summed E-state index contributed by atoms with van der Waals surface area (Å²) in [4.78, 5) is 28.4. The number of benzene rings is 1. The van der Waals surface area contributed by atoms with Gasteiger partial charge in [-0.2, -0.15) is 0 Å². The van der Waals surface area contributed by atoms with Gasteiger partial charge in [0.05, 0.1) is 13.1 Å². The minimum Gasteiger partial charge on any atom is -0.355 e. The fraction of sp³-hybridized carbons (Fsp3) is 0.579. The summed E-state index contributed by atoms with van der Waals surface area (Å²) in [6.45, 7) is 8.91. The van der Waals surface area contributed by atoms with E-state index in [0.717, 1.165) is 61.3 Å². The minimum absolute atomic E-state index is 0.00233. The molecule has 144 valence electrons. The lowest BCUT2D eigenvalue weighted by Gasteiger charge is -2.33. The molecule has 0 spiro atoms. The number of hydrogen-bond donors (Lipinski definition) is 2. The fourth-order valence-electron chi connectivity index (χ4n) is 2.90. The second kappa shape index (κ2) is 10.6. The third-order valence-electron chi connectivity index (χ3n) is 4.49. The van der Waals surface area contributed by atoms with Crippen LogP contribution in [-0.4, -0.2) is 67.4 Å². The molecule has 1 aromatic carbocycles. The van der Waals surface area contributed by atoms with Gasteiger partial charge in [0.1, 0.15) is 0 Å². The smallest absolute Gasteiger partial charge is 0.238 e. The molecule has 0 aromatic heterocycles. The Morgan fingerprint density at radius 1 is 1.08 bits per heavy atom. The number of nitrogens with zero attached hydrogens (tertiary/aromatic N) is 2. The van der Waals surface area contributed by atoms with E-state index in [-0.39, 0.29) is 11.8 Å². The molecule has 6 nitrogen and oxygen atoms in total. The van der Waals surface area contributed by atoms with E-state index in [1.807, 2.05) is 25.1 Å². The number of nitrogens with one attached hydrogen (secondary N) is 2. The zero-order valence-electron chi connectivity index (χ0n) is 15.7. The van der Waals surface area contributed by atoms with Crippen molar-refractivity contribution >= 4 is 33.4 Å². The predicted molar refractivity (Wildman–Crippen MR) is 108 cm³/mol. The van der Waals surface area contributed by atoms with Crippen molar-refractivity contribution in [2.24, 2.45) is 0 Å². The summed E-state index contributed by atoms with van der Waals surface area (Å²) in [5.41, 5.74) is 1.91. The van der Waals surface area contributed by atoms with Crippen LogP contribution in [0.2, 0.25) is 0 Å². The van der Waals surface area contributed by atoms with Gasteiger partial charge in [-0.15, -0.1) is 0 Å². The second-order valence-electron chi connectivity index (χ2n) is 6.77. The highest BCUT2D eigenvalue weighted by molar-refractivity contribution is 9.10. The van der Waals surface area contributed by atoms with Crippen molar-refractivity contribution in [3.8, 4) is 0 Å². The number of carbonyl (C=O) groups excluding carboxylic acids is 2. The lowest BCUT2D eigenvalue weighted by atomic mass is 10.2. The van der Waals surface area contributed by atoms with Crippen molar-refractivity contribution in [1.82, 2.24) is 15.1 Å². The van der Waals surface area contributed by atoms with Crippen LogP contribution in [0.25, 0.3) is 0 Å². The molecule has 1 heterocycles. The Balaban J connectivity index is 1.68. The molecule has 2 rings (SSSR count). The van der Waals surface area contributed by atoms with Crippen LogP contribution in [0.4, 0.5) is 5.69 Å². The van der Waals surface area contributed by atoms with E-state index >= 15 is 0 Å². The van der Waals surface area contributed by atoms with Crippen LogP contribution in [-0.2, 0) is 9.59 Å². The SMILES string of the molecule is CCCCNC(=O)CN1CCN(CC(=O)Nc2ccc(Br)c(C)c2)CC1. The van der Waals surface area contributed by atoms with E-state index in [9.17, 15) is 9.59 Å². The number of anilines is 1. The van der Waals surface area contributed by atoms with E-state index in [0.29, 0.717) is 13.1 Å². The van der Waals surface area contributed by atoms with E-state index < -0.39 is 0 Å². The lowest BCUT2D eigenvalue weighted by molar-refractivity contribution is -0.123. The third kappa shape index (κ3) is 7.05. The fourth-order valence-corrected chi connectivity index (χ4v) is 3.14. The van der Waals surface area contributed by atoms with Crippen molar-refractivity contribution in [2.45, 2.75) is 26.7 Å². The highest BCUT2D eigenvalue weighted by Crippen LogP contribution is 2.20. The van der Waals surface area contributed by atoms with Gasteiger partial charge in [-0.1, -0.05) is 29.3 Å². The molecule has 0 radical (unpaired) electrons. The summed E-state index contributed by atoms with van der Waals surface area (Å²) in [6.07, 6.45) is 2.10. The maximum absolute atomic E-state index is 12.2. The molecule has 2 amide bonds. The zero-order chi connectivity index (χ0) is 18.9. The van der Waals surface area contributed by atoms with Crippen LogP contribution in [0.3, 0.4) is 0 Å². The largest absolute Gasteiger partial charge is 0.355 e. The Bertz CT molecular complexity index is 616. The molecule has 1 saturated heterocycles. The number of piperazine rings is 1. The first-order valence-corrected chi connectivity index (χ1v) is 10.0. The summed E-state index contributed by atoms with van der Waals surface area (Å²) in [5.74, 6) is 0.0905. The van der Waals surface area contributed by atoms with E-state index in [1.165, 1.54) is 0 Å². The molecule has 0 atom stereocenters.